The predicted molar refractivity (Wildman–Crippen MR) is 93.8 cm³/mol. The van der Waals surface area contributed by atoms with Crippen molar-refractivity contribution in [2.45, 2.75) is 0 Å². The summed E-state index contributed by atoms with van der Waals surface area (Å²) in [4.78, 5) is 4.87. The fourth-order valence-corrected chi connectivity index (χ4v) is 3.00. The smallest absolute Gasteiger partial charge is 0.235 e. The summed E-state index contributed by atoms with van der Waals surface area (Å²) in [5, 5.41) is 13.8. The summed E-state index contributed by atoms with van der Waals surface area (Å²) in [5.41, 5.74) is 1.97. The Morgan fingerprint density at radius 2 is 1.96 bits per heavy atom. The van der Waals surface area contributed by atoms with Crippen LogP contribution in [0.4, 0.5) is 0 Å². The van der Waals surface area contributed by atoms with Crippen LogP contribution in [0.5, 0.6) is 5.75 Å². The maximum atomic E-state index is 5.16. The van der Waals surface area contributed by atoms with Crippen LogP contribution in [0.2, 0.25) is 0 Å². The Bertz CT molecular complexity index is 989. The number of rotatable bonds is 4. The lowest BCUT2D eigenvalue weighted by atomic mass is 10.2. The van der Waals surface area contributed by atoms with Crippen molar-refractivity contribution in [1.29, 1.82) is 0 Å². The van der Waals surface area contributed by atoms with Crippen molar-refractivity contribution in [2.24, 2.45) is 0 Å². The molecule has 118 valence electrons. The number of pyridine rings is 1. The Kier molecular flexibility index (Phi) is 3.76. The van der Waals surface area contributed by atoms with Crippen LogP contribution in [-0.2, 0) is 0 Å². The van der Waals surface area contributed by atoms with E-state index >= 15 is 0 Å². The van der Waals surface area contributed by atoms with E-state index < -0.39 is 0 Å². The van der Waals surface area contributed by atoms with E-state index in [-0.39, 0.29) is 0 Å². The number of ether oxygens (including phenoxy) is 1. The van der Waals surface area contributed by atoms with Gasteiger partial charge in [-0.25, -0.2) is 0 Å². The third-order valence-corrected chi connectivity index (χ3v) is 4.32. The fraction of sp³-hybridized carbons (Fsp3) is 0.0588. The van der Waals surface area contributed by atoms with Crippen molar-refractivity contribution in [2.75, 3.05) is 7.11 Å². The molecule has 3 heterocycles. The highest BCUT2D eigenvalue weighted by molar-refractivity contribution is 7.17. The van der Waals surface area contributed by atoms with E-state index in [1.807, 2.05) is 48.6 Å². The summed E-state index contributed by atoms with van der Waals surface area (Å²) >= 11 is 1.49. The van der Waals surface area contributed by atoms with Gasteiger partial charge in [0.15, 0.2) is 5.82 Å². The summed E-state index contributed by atoms with van der Waals surface area (Å²) in [7, 11) is 1.66. The maximum absolute atomic E-state index is 5.16. The average molecular weight is 335 g/mol. The van der Waals surface area contributed by atoms with Crippen LogP contribution >= 0.6 is 11.3 Å². The molecule has 0 aliphatic carbocycles. The molecule has 6 nitrogen and oxygen atoms in total. The van der Waals surface area contributed by atoms with Crippen LogP contribution in [0.25, 0.3) is 28.5 Å². The first-order chi connectivity index (χ1) is 11.8. The Morgan fingerprint density at radius 3 is 2.71 bits per heavy atom. The number of benzene rings is 1. The van der Waals surface area contributed by atoms with Crippen molar-refractivity contribution in [3.8, 4) is 17.1 Å². The molecule has 0 N–H and O–H groups in total. The topological polar surface area (TPSA) is 65.2 Å². The molecule has 0 atom stereocenters. The number of hydrogen-bond donors (Lipinski definition) is 0. The second kappa shape index (κ2) is 6.21. The zero-order chi connectivity index (χ0) is 16.4. The molecule has 3 aromatic heterocycles. The minimum Gasteiger partial charge on any atom is -0.497 e. The van der Waals surface area contributed by atoms with E-state index in [4.69, 9.17) is 4.74 Å². The Balaban J connectivity index is 1.63. The zero-order valence-electron chi connectivity index (χ0n) is 12.8. The summed E-state index contributed by atoms with van der Waals surface area (Å²) in [6.07, 6.45) is 7.46. The quantitative estimate of drug-likeness (QED) is 0.572. The number of nitrogens with zero attached hydrogens (tertiary/aromatic N) is 5. The molecule has 4 rings (SSSR count). The second-order valence-corrected chi connectivity index (χ2v) is 5.99. The Labute approximate surface area is 142 Å². The fourth-order valence-electron chi connectivity index (χ4n) is 2.26. The van der Waals surface area contributed by atoms with Crippen molar-refractivity contribution in [3.63, 3.8) is 0 Å². The molecule has 0 spiro atoms. The molecule has 0 radical (unpaired) electrons. The van der Waals surface area contributed by atoms with Gasteiger partial charge in [0.05, 0.1) is 7.11 Å². The highest BCUT2D eigenvalue weighted by Crippen LogP contribution is 2.22. The van der Waals surface area contributed by atoms with Gasteiger partial charge in [-0.2, -0.15) is 9.61 Å². The van der Waals surface area contributed by atoms with Gasteiger partial charge in [0.2, 0.25) is 4.96 Å². The molecule has 4 aromatic rings. The van der Waals surface area contributed by atoms with Gasteiger partial charge in [0.1, 0.15) is 10.8 Å². The van der Waals surface area contributed by atoms with Gasteiger partial charge in [-0.05, 0) is 35.9 Å². The molecular formula is C17H13N5OS. The number of fused-ring (bicyclic) bond motifs is 1. The molecule has 0 unspecified atom stereocenters. The monoisotopic (exact) mass is 335 g/mol. The van der Waals surface area contributed by atoms with E-state index in [0.717, 1.165) is 26.8 Å². The highest BCUT2D eigenvalue weighted by atomic mass is 32.1. The summed E-state index contributed by atoms with van der Waals surface area (Å²) in [5.74, 6) is 1.53. The van der Waals surface area contributed by atoms with Crippen molar-refractivity contribution < 1.29 is 4.74 Å². The summed E-state index contributed by atoms with van der Waals surface area (Å²) in [6.45, 7) is 0. The van der Waals surface area contributed by atoms with E-state index in [1.165, 1.54) is 11.3 Å². The van der Waals surface area contributed by atoms with Gasteiger partial charge in [0, 0.05) is 18.0 Å². The highest BCUT2D eigenvalue weighted by Gasteiger charge is 2.12. The number of methoxy groups -OCH3 is 1. The largest absolute Gasteiger partial charge is 0.497 e. The van der Waals surface area contributed by atoms with Gasteiger partial charge >= 0.3 is 0 Å². The van der Waals surface area contributed by atoms with Crippen molar-refractivity contribution in [3.05, 3.63) is 59.4 Å². The maximum Gasteiger partial charge on any atom is 0.235 e. The molecule has 7 heteroatoms. The van der Waals surface area contributed by atoms with Gasteiger partial charge in [-0.3, -0.25) is 4.98 Å². The normalized spacial score (nSPS) is 11.4. The predicted octanol–water partition coefficient (Wildman–Crippen LogP) is 3.43. The first kappa shape index (κ1) is 14.5. The molecule has 0 fully saturated rings. The molecule has 0 saturated carbocycles. The lowest BCUT2D eigenvalue weighted by Crippen LogP contribution is -1.91. The van der Waals surface area contributed by atoms with Gasteiger partial charge in [-0.15, -0.1) is 10.2 Å². The molecule has 0 saturated heterocycles. The Hall–Kier alpha value is -3.06. The van der Waals surface area contributed by atoms with Crippen LogP contribution in [0, 0.1) is 0 Å². The van der Waals surface area contributed by atoms with E-state index in [9.17, 15) is 0 Å². The summed E-state index contributed by atoms with van der Waals surface area (Å²) in [6, 6.07) is 11.7. The molecule has 0 amide bonds. The molecule has 0 aliphatic rings. The number of aromatic nitrogens is 5. The molecule has 0 aliphatic heterocycles. The standard InChI is InChI=1S/C17H13N5OS/c1-23-14-7-4-12(5-8-14)6-9-15-21-22-16(19-20-17(22)24-15)13-3-2-10-18-11-13/h2-11H,1H3/b9-6+. The summed E-state index contributed by atoms with van der Waals surface area (Å²) < 4.78 is 6.90. The van der Waals surface area contributed by atoms with Crippen molar-refractivity contribution in [1.82, 2.24) is 24.8 Å². The van der Waals surface area contributed by atoms with Gasteiger partial charge in [0.25, 0.3) is 0 Å². The first-order valence-corrected chi connectivity index (χ1v) is 8.10. The van der Waals surface area contributed by atoms with Crippen molar-refractivity contribution >= 4 is 28.4 Å². The number of hydrogen-bond acceptors (Lipinski definition) is 6. The zero-order valence-corrected chi connectivity index (χ0v) is 13.6. The molecule has 1 aromatic carbocycles. The lowest BCUT2D eigenvalue weighted by Gasteiger charge is -1.98. The third-order valence-electron chi connectivity index (χ3n) is 3.46. The average Bonchev–Trinajstić information content (AvgIpc) is 3.21. The van der Waals surface area contributed by atoms with Crippen LogP contribution < -0.4 is 4.74 Å². The minimum atomic E-state index is 0.693. The van der Waals surface area contributed by atoms with Crippen LogP contribution in [-0.4, -0.2) is 31.9 Å². The van der Waals surface area contributed by atoms with Crippen LogP contribution in [0.15, 0.2) is 48.8 Å². The molecule has 24 heavy (non-hydrogen) atoms. The minimum absolute atomic E-state index is 0.693. The van der Waals surface area contributed by atoms with Gasteiger partial charge in [-0.1, -0.05) is 29.5 Å². The van der Waals surface area contributed by atoms with Crippen LogP contribution in [0.3, 0.4) is 0 Å². The van der Waals surface area contributed by atoms with E-state index in [1.54, 1.807) is 24.0 Å². The third kappa shape index (κ3) is 2.77. The first-order valence-electron chi connectivity index (χ1n) is 7.28. The van der Waals surface area contributed by atoms with E-state index in [0.29, 0.717) is 5.82 Å². The SMILES string of the molecule is COc1ccc(/C=C/c2nn3c(-c4cccnc4)nnc3s2)cc1. The van der Waals surface area contributed by atoms with Crippen LogP contribution in [0.1, 0.15) is 10.6 Å². The Morgan fingerprint density at radius 1 is 1.08 bits per heavy atom. The second-order valence-electron chi connectivity index (χ2n) is 5.01. The van der Waals surface area contributed by atoms with E-state index in [2.05, 4.69) is 20.3 Å². The molecular weight excluding hydrogens is 322 g/mol. The lowest BCUT2D eigenvalue weighted by molar-refractivity contribution is 0.415. The molecule has 0 bridgehead atoms. The van der Waals surface area contributed by atoms with Gasteiger partial charge < -0.3 is 4.74 Å².